The largest absolute Gasteiger partial charge is 0.492 e. The lowest BCUT2D eigenvalue weighted by Crippen LogP contribution is -2.50. The summed E-state index contributed by atoms with van der Waals surface area (Å²) >= 11 is 5.95. The number of anilines is 1. The Hall–Kier alpha value is -4.41. The highest BCUT2D eigenvalue weighted by Gasteiger charge is 2.31. The number of carbonyl (C=O) groups is 1. The van der Waals surface area contributed by atoms with Crippen LogP contribution in [0.4, 0.5) is 5.82 Å². The second-order valence-corrected chi connectivity index (χ2v) is 13.2. The van der Waals surface area contributed by atoms with E-state index in [9.17, 15) is 25.2 Å². The van der Waals surface area contributed by atoms with Gasteiger partial charge in [-0.25, -0.2) is 9.97 Å². The Labute approximate surface area is 314 Å². The van der Waals surface area contributed by atoms with Crippen LogP contribution >= 0.6 is 11.6 Å². The van der Waals surface area contributed by atoms with Gasteiger partial charge in [-0.1, -0.05) is 66.2 Å². The smallest absolute Gasteiger partial charge is 0.280 e. The SMILES string of the molecule is Cc1nc(N)c(C(=O)NC(N)=NCCCCc2ccc(OCCN(CCCc3cccc4ccccc34)C[C@H](O)[C@@H](O)[C@H](O)[C@H](O)CO)cc2)nc1Cl. The average Bonchev–Trinajstić information content (AvgIpc) is 3.15. The summed E-state index contributed by atoms with van der Waals surface area (Å²) in [6.45, 7) is 2.66. The predicted octanol–water partition coefficient (Wildman–Crippen LogP) is 1.99. The third-order valence-corrected chi connectivity index (χ3v) is 9.18. The van der Waals surface area contributed by atoms with E-state index in [2.05, 4.69) is 44.5 Å². The van der Waals surface area contributed by atoms with E-state index in [4.69, 9.17) is 32.9 Å². The fourth-order valence-electron chi connectivity index (χ4n) is 5.82. The number of aliphatic imine (C=N–C) groups is 1. The van der Waals surface area contributed by atoms with Gasteiger partial charge < -0.3 is 41.7 Å². The Balaban J connectivity index is 1.23. The van der Waals surface area contributed by atoms with Crippen molar-refractivity contribution in [1.82, 2.24) is 20.2 Å². The molecule has 0 bridgehead atoms. The highest BCUT2D eigenvalue weighted by molar-refractivity contribution is 6.30. The number of fused-ring (bicyclic) bond motifs is 1. The molecule has 0 saturated heterocycles. The molecule has 15 heteroatoms. The Morgan fingerprint density at radius 2 is 1.64 bits per heavy atom. The maximum atomic E-state index is 12.4. The summed E-state index contributed by atoms with van der Waals surface area (Å²) in [6.07, 6.45) is -2.32. The zero-order valence-electron chi connectivity index (χ0n) is 29.8. The van der Waals surface area contributed by atoms with Crippen LogP contribution in [0.15, 0.2) is 71.7 Å². The first-order valence-electron chi connectivity index (χ1n) is 17.6. The number of halogens is 1. The number of guanidine groups is 1. The number of rotatable bonds is 20. The Bertz CT molecular complexity index is 1790. The molecule has 10 N–H and O–H groups in total. The van der Waals surface area contributed by atoms with E-state index in [1.54, 1.807) is 6.92 Å². The molecular formula is C38H50ClN7O7. The summed E-state index contributed by atoms with van der Waals surface area (Å²) in [7, 11) is 0. The lowest BCUT2D eigenvalue weighted by molar-refractivity contribution is -0.119. The van der Waals surface area contributed by atoms with Crippen LogP contribution in [0.3, 0.4) is 0 Å². The van der Waals surface area contributed by atoms with E-state index >= 15 is 0 Å². The summed E-state index contributed by atoms with van der Waals surface area (Å²) in [6, 6.07) is 22.2. The number of nitrogens with zero attached hydrogens (tertiary/aromatic N) is 4. The van der Waals surface area contributed by atoms with Gasteiger partial charge in [-0.3, -0.25) is 20.0 Å². The molecule has 286 valence electrons. The standard InChI is InChI=1S/C38H50ClN7O7/c1-24-35(39)44-32(36(40)43-24)37(52)45-38(41)42-18-5-4-8-25-14-16-28(17-15-25)53-21-20-46(22-30(48)33(50)34(51)31(49)23-47)19-7-12-27-11-6-10-26-9-2-3-13-29(26)27/h2-3,6,9-11,13-17,30-31,33-34,47-51H,4-5,7-8,12,18-23H2,1H3,(H2,40,43)(H3,41,42,45,52)/t30-,31+,33+,34+/m0/s1. The molecule has 0 unspecified atom stereocenters. The maximum Gasteiger partial charge on any atom is 0.280 e. The number of ether oxygens (including phenoxy) is 1. The molecule has 0 aliphatic rings. The molecule has 0 spiro atoms. The van der Waals surface area contributed by atoms with Crippen molar-refractivity contribution in [2.75, 3.05) is 45.1 Å². The average molecular weight is 752 g/mol. The van der Waals surface area contributed by atoms with Gasteiger partial charge in [0.25, 0.3) is 5.91 Å². The second-order valence-electron chi connectivity index (χ2n) is 12.8. The van der Waals surface area contributed by atoms with Crippen molar-refractivity contribution >= 4 is 40.1 Å². The van der Waals surface area contributed by atoms with E-state index < -0.39 is 36.9 Å². The first-order chi connectivity index (χ1) is 25.5. The molecule has 0 aliphatic heterocycles. The molecule has 0 radical (unpaired) electrons. The van der Waals surface area contributed by atoms with Crippen LogP contribution in [-0.2, 0) is 12.8 Å². The minimum Gasteiger partial charge on any atom is -0.492 e. The number of nitrogens with two attached hydrogens (primary N) is 2. The lowest BCUT2D eigenvalue weighted by Gasteiger charge is -2.30. The molecule has 0 fully saturated rings. The highest BCUT2D eigenvalue weighted by atomic mass is 35.5. The summed E-state index contributed by atoms with van der Waals surface area (Å²) in [5, 5.41) is 55.1. The number of nitrogen functional groups attached to an aromatic ring is 1. The molecule has 4 rings (SSSR count). The van der Waals surface area contributed by atoms with E-state index in [1.807, 2.05) is 47.4 Å². The van der Waals surface area contributed by atoms with Crippen LogP contribution in [0, 0.1) is 6.92 Å². The zero-order valence-corrected chi connectivity index (χ0v) is 30.6. The van der Waals surface area contributed by atoms with Crippen LogP contribution in [0.25, 0.3) is 10.8 Å². The second kappa shape index (κ2) is 20.7. The van der Waals surface area contributed by atoms with Crippen LogP contribution in [0.2, 0.25) is 5.15 Å². The van der Waals surface area contributed by atoms with Crippen molar-refractivity contribution in [3.8, 4) is 5.75 Å². The molecule has 1 heterocycles. The third-order valence-electron chi connectivity index (χ3n) is 8.82. The van der Waals surface area contributed by atoms with Gasteiger partial charge in [-0.15, -0.1) is 0 Å². The molecule has 1 amide bonds. The predicted molar refractivity (Wildman–Crippen MR) is 205 cm³/mol. The summed E-state index contributed by atoms with van der Waals surface area (Å²) in [5.74, 6) is -0.0673. The molecule has 3 aromatic carbocycles. The number of unbranched alkanes of at least 4 members (excludes halogenated alkanes) is 1. The molecule has 4 atom stereocenters. The van der Waals surface area contributed by atoms with E-state index in [-0.39, 0.29) is 29.2 Å². The van der Waals surface area contributed by atoms with Gasteiger partial charge in [0.2, 0.25) is 0 Å². The minimum absolute atomic E-state index is 0.0290. The number of carbonyl (C=O) groups excluding carboxylic acids is 1. The number of hydrogen-bond acceptors (Lipinski definition) is 12. The van der Waals surface area contributed by atoms with Gasteiger partial charge in [0, 0.05) is 19.6 Å². The Morgan fingerprint density at radius 1 is 0.925 bits per heavy atom. The number of aliphatic hydroxyl groups is 5. The number of aryl methyl sites for hydroxylation is 3. The number of nitrogens with one attached hydrogen (secondary N) is 1. The van der Waals surface area contributed by atoms with Crippen LogP contribution in [0.5, 0.6) is 5.75 Å². The summed E-state index contributed by atoms with van der Waals surface area (Å²) in [4.78, 5) is 26.5. The number of aliphatic hydroxyl groups excluding tert-OH is 5. The maximum absolute atomic E-state index is 12.4. The van der Waals surface area contributed by atoms with E-state index in [0.717, 1.165) is 37.7 Å². The van der Waals surface area contributed by atoms with Crippen molar-refractivity contribution in [3.63, 3.8) is 0 Å². The number of benzene rings is 3. The van der Waals surface area contributed by atoms with Gasteiger partial charge in [-0.2, -0.15) is 0 Å². The molecule has 4 aromatic rings. The fourth-order valence-corrected chi connectivity index (χ4v) is 5.94. The molecule has 0 saturated carbocycles. The quantitative estimate of drug-likeness (QED) is 0.0368. The van der Waals surface area contributed by atoms with Crippen molar-refractivity contribution in [1.29, 1.82) is 0 Å². The molecular weight excluding hydrogens is 702 g/mol. The van der Waals surface area contributed by atoms with Gasteiger partial charge in [0.15, 0.2) is 22.6 Å². The van der Waals surface area contributed by atoms with E-state index in [1.165, 1.54) is 16.3 Å². The number of hydrogen-bond donors (Lipinski definition) is 8. The number of amides is 1. The van der Waals surface area contributed by atoms with Gasteiger partial charge in [0.1, 0.15) is 30.7 Å². The third kappa shape index (κ3) is 12.6. The van der Waals surface area contributed by atoms with Crippen LogP contribution < -0.4 is 21.5 Å². The van der Waals surface area contributed by atoms with Crippen LogP contribution in [0.1, 0.15) is 46.6 Å². The van der Waals surface area contributed by atoms with Gasteiger partial charge in [0.05, 0.1) is 18.4 Å². The Morgan fingerprint density at radius 3 is 2.40 bits per heavy atom. The Kier molecular flexibility index (Phi) is 16.2. The molecule has 0 aliphatic carbocycles. The zero-order chi connectivity index (χ0) is 38.3. The monoisotopic (exact) mass is 751 g/mol. The number of aromatic nitrogens is 2. The fraction of sp³-hybridized carbons (Fsp3) is 0.421. The normalized spacial score (nSPS) is 14.2. The topological polar surface area (TPSA) is 233 Å². The molecule has 14 nitrogen and oxygen atoms in total. The first-order valence-corrected chi connectivity index (χ1v) is 18.0. The van der Waals surface area contributed by atoms with Crippen LogP contribution in [-0.4, -0.2) is 116 Å². The summed E-state index contributed by atoms with van der Waals surface area (Å²) < 4.78 is 6.01. The lowest BCUT2D eigenvalue weighted by atomic mass is 10.0. The van der Waals surface area contributed by atoms with Crippen molar-refractivity contribution in [2.24, 2.45) is 10.7 Å². The van der Waals surface area contributed by atoms with E-state index in [0.29, 0.717) is 37.7 Å². The van der Waals surface area contributed by atoms with Gasteiger partial charge >= 0.3 is 0 Å². The van der Waals surface area contributed by atoms with Crippen molar-refractivity contribution in [2.45, 2.75) is 63.4 Å². The van der Waals surface area contributed by atoms with Crippen molar-refractivity contribution in [3.05, 3.63) is 94.4 Å². The molecule has 1 aromatic heterocycles. The highest BCUT2D eigenvalue weighted by Crippen LogP contribution is 2.21. The molecule has 53 heavy (non-hydrogen) atoms. The minimum atomic E-state index is -1.69. The van der Waals surface area contributed by atoms with Crippen molar-refractivity contribution < 1.29 is 35.1 Å². The first kappa shape index (κ1) is 41.3. The van der Waals surface area contributed by atoms with Gasteiger partial charge in [-0.05, 0) is 79.6 Å². The summed E-state index contributed by atoms with van der Waals surface area (Å²) in [5.41, 5.74) is 14.3.